The van der Waals surface area contributed by atoms with Gasteiger partial charge < -0.3 is 5.32 Å². The lowest BCUT2D eigenvalue weighted by atomic mass is 10.1. The number of amides is 1. The van der Waals surface area contributed by atoms with E-state index in [9.17, 15) is 17.6 Å². The molecule has 0 bridgehead atoms. The molecule has 1 aliphatic rings. The quantitative estimate of drug-likeness (QED) is 0.761. The molecule has 0 fully saturated rings. The fraction of sp³-hybridized carbons (Fsp3) is 0.467. The van der Waals surface area contributed by atoms with Crippen LogP contribution in [0.4, 0.5) is 4.39 Å². The van der Waals surface area contributed by atoms with Crippen LogP contribution >= 0.6 is 23.4 Å². The first kappa shape index (κ1) is 20.9. The van der Waals surface area contributed by atoms with Gasteiger partial charge in [-0.25, -0.2) is 17.5 Å². The smallest absolute Gasteiger partial charge is 0.256 e. The number of hydrogen-bond acceptors (Lipinski definition) is 6. The molecule has 7 nitrogen and oxygen atoms in total. The van der Waals surface area contributed by atoms with Crippen LogP contribution in [0.3, 0.4) is 0 Å². The third-order valence-electron chi connectivity index (χ3n) is 3.42. The van der Waals surface area contributed by atoms with Crippen LogP contribution in [0.15, 0.2) is 22.1 Å². The predicted octanol–water partition coefficient (Wildman–Crippen LogP) is 2.58. The molecule has 1 heterocycles. The number of hydrazone groups is 1. The van der Waals surface area contributed by atoms with Crippen LogP contribution in [-0.2, 0) is 10.0 Å². The number of sulfonamides is 1. The molecule has 2 rings (SSSR count). The average Bonchev–Trinajstić information content (AvgIpc) is 2.97. The zero-order valence-electron chi connectivity index (χ0n) is 14.7. The molecule has 11 heteroatoms. The monoisotopic (exact) mass is 422 g/mol. The molecule has 0 aromatic heterocycles. The van der Waals surface area contributed by atoms with Crippen LogP contribution in [0.25, 0.3) is 0 Å². The van der Waals surface area contributed by atoms with Crippen molar-refractivity contribution in [2.24, 2.45) is 5.10 Å². The van der Waals surface area contributed by atoms with Crippen molar-refractivity contribution in [3.05, 3.63) is 28.5 Å². The van der Waals surface area contributed by atoms with E-state index in [2.05, 4.69) is 15.1 Å². The SMILES string of the molecule is CCNS(=O)(=O)c1cc(Cl)c(F)c(C(=O)NC2SC=NN2C(C)(C)C)c1. The van der Waals surface area contributed by atoms with Gasteiger partial charge in [-0.05, 0) is 32.9 Å². The number of carbonyl (C=O) groups is 1. The second kappa shape index (κ2) is 7.71. The van der Waals surface area contributed by atoms with Crippen LogP contribution in [-0.4, -0.2) is 42.5 Å². The van der Waals surface area contributed by atoms with E-state index in [-0.39, 0.29) is 17.0 Å². The topological polar surface area (TPSA) is 90.9 Å². The van der Waals surface area contributed by atoms with Crippen LogP contribution < -0.4 is 10.0 Å². The Morgan fingerprint density at radius 1 is 1.42 bits per heavy atom. The van der Waals surface area contributed by atoms with Crippen LogP contribution in [0.1, 0.15) is 38.1 Å². The van der Waals surface area contributed by atoms with E-state index in [1.54, 1.807) is 17.5 Å². The summed E-state index contributed by atoms with van der Waals surface area (Å²) >= 11 is 7.04. The standard InChI is InChI=1S/C15H20ClFN4O3S2/c1-5-19-26(23,24)9-6-10(12(17)11(16)7-9)13(22)20-14-21(15(2,3)4)18-8-25-14/h6-8,14,19H,5H2,1-4H3,(H,20,22). The van der Waals surface area contributed by atoms with Crippen molar-refractivity contribution in [1.82, 2.24) is 15.0 Å². The van der Waals surface area contributed by atoms with Gasteiger partial charge in [0.2, 0.25) is 10.0 Å². The fourth-order valence-electron chi connectivity index (χ4n) is 2.22. The molecule has 1 atom stereocenters. The summed E-state index contributed by atoms with van der Waals surface area (Å²) in [5, 5.41) is 8.04. The average molecular weight is 423 g/mol. The van der Waals surface area contributed by atoms with Gasteiger partial charge in [0.05, 0.1) is 26.6 Å². The number of hydrogen-bond donors (Lipinski definition) is 2. The Kier molecular flexibility index (Phi) is 6.21. The molecule has 1 unspecified atom stereocenters. The molecule has 0 spiro atoms. The number of nitrogens with one attached hydrogen (secondary N) is 2. The van der Waals surface area contributed by atoms with Crippen molar-refractivity contribution in [1.29, 1.82) is 0 Å². The molecular formula is C15H20ClFN4O3S2. The first-order valence-corrected chi connectivity index (χ1v) is 10.5. The minimum atomic E-state index is -3.89. The lowest BCUT2D eigenvalue weighted by Gasteiger charge is -2.35. The van der Waals surface area contributed by atoms with Gasteiger partial charge in [0.25, 0.3) is 5.91 Å². The van der Waals surface area contributed by atoms with Gasteiger partial charge >= 0.3 is 0 Å². The van der Waals surface area contributed by atoms with Crippen LogP contribution in [0, 0.1) is 5.82 Å². The van der Waals surface area contributed by atoms with Gasteiger partial charge in [-0.3, -0.25) is 9.80 Å². The highest BCUT2D eigenvalue weighted by Crippen LogP contribution is 2.28. The normalized spacial score (nSPS) is 17.6. The molecule has 0 saturated heterocycles. The second-order valence-electron chi connectivity index (χ2n) is 6.47. The summed E-state index contributed by atoms with van der Waals surface area (Å²) in [6, 6.07) is 1.94. The molecule has 1 aromatic carbocycles. The fourth-order valence-corrected chi connectivity index (χ4v) is 4.53. The number of benzene rings is 1. The summed E-state index contributed by atoms with van der Waals surface area (Å²) in [4.78, 5) is 12.3. The summed E-state index contributed by atoms with van der Waals surface area (Å²) in [5.41, 5.74) is 0.209. The highest BCUT2D eigenvalue weighted by atomic mass is 35.5. The van der Waals surface area contributed by atoms with Gasteiger partial charge in [-0.15, -0.1) is 0 Å². The molecule has 144 valence electrons. The van der Waals surface area contributed by atoms with E-state index < -0.39 is 37.8 Å². The molecule has 1 amide bonds. The van der Waals surface area contributed by atoms with Crippen molar-refractivity contribution >= 4 is 44.8 Å². The van der Waals surface area contributed by atoms with Crippen molar-refractivity contribution in [3.8, 4) is 0 Å². The third kappa shape index (κ3) is 4.48. The predicted molar refractivity (Wildman–Crippen MR) is 101 cm³/mol. The summed E-state index contributed by atoms with van der Waals surface area (Å²) in [5.74, 6) is -1.76. The summed E-state index contributed by atoms with van der Waals surface area (Å²) < 4.78 is 40.9. The highest BCUT2D eigenvalue weighted by molar-refractivity contribution is 8.12. The van der Waals surface area contributed by atoms with Gasteiger partial charge in [0.1, 0.15) is 0 Å². The Hall–Kier alpha value is -1.36. The minimum absolute atomic E-state index is 0.148. The molecule has 0 radical (unpaired) electrons. The van der Waals surface area contributed by atoms with Gasteiger partial charge in [-0.1, -0.05) is 30.3 Å². The van der Waals surface area contributed by atoms with Crippen molar-refractivity contribution in [2.45, 2.75) is 43.6 Å². The number of thioether (sulfide) groups is 1. The zero-order valence-corrected chi connectivity index (χ0v) is 17.1. The first-order chi connectivity index (χ1) is 12.0. The van der Waals surface area contributed by atoms with Crippen molar-refractivity contribution in [3.63, 3.8) is 0 Å². The lowest BCUT2D eigenvalue weighted by molar-refractivity contribution is 0.0813. The van der Waals surface area contributed by atoms with Crippen LogP contribution in [0.5, 0.6) is 0 Å². The molecule has 2 N–H and O–H groups in total. The Labute approximate surface area is 161 Å². The molecule has 0 saturated carbocycles. The number of carbonyl (C=O) groups excluding carboxylic acids is 1. The van der Waals surface area contributed by atoms with Gasteiger partial charge in [-0.2, -0.15) is 5.10 Å². The van der Waals surface area contributed by atoms with Gasteiger partial charge in [0, 0.05) is 6.54 Å². The molecule has 26 heavy (non-hydrogen) atoms. The lowest BCUT2D eigenvalue weighted by Crippen LogP contribution is -2.49. The maximum Gasteiger partial charge on any atom is 0.256 e. The van der Waals surface area contributed by atoms with Crippen molar-refractivity contribution < 1.29 is 17.6 Å². The summed E-state index contributed by atoms with van der Waals surface area (Å²) in [6.07, 6.45) is 0. The van der Waals surface area contributed by atoms with Crippen LogP contribution in [0.2, 0.25) is 5.02 Å². The molecule has 1 aliphatic heterocycles. The molecule has 0 aliphatic carbocycles. The number of nitrogens with zero attached hydrogens (tertiary/aromatic N) is 2. The Balaban J connectivity index is 2.33. The van der Waals surface area contributed by atoms with E-state index in [1.807, 2.05) is 20.8 Å². The molecule has 1 aromatic rings. The van der Waals surface area contributed by atoms with Gasteiger partial charge in [0.15, 0.2) is 11.3 Å². The first-order valence-electron chi connectivity index (χ1n) is 7.74. The maximum absolute atomic E-state index is 14.4. The van der Waals surface area contributed by atoms with E-state index in [0.29, 0.717) is 0 Å². The Morgan fingerprint density at radius 2 is 2.08 bits per heavy atom. The summed E-state index contributed by atoms with van der Waals surface area (Å²) in [6.45, 7) is 7.49. The van der Waals surface area contributed by atoms with E-state index in [4.69, 9.17) is 11.6 Å². The van der Waals surface area contributed by atoms with E-state index >= 15 is 0 Å². The minimum Gasteiger partial charge on any atom is -0.321 e. The zero-order chi connectivity index (χ0) is 19.7. The second-order valence-corrected chi connectivity index (χ2v) is 9.57. The van der Waals surface area contributed by atoms with Crippen molar-refractivity contribution in [2.75, 3.05) is 6.54 Å². The third-order valence-corrected chi connectivity index (χ3v) is 6.01. The number of halogens is 2. The summed E-state index contributed by atoms with van der Waals surface area (Å²) in [7, 11) is -3.89. The maximum atomic E-state index is 14.4. The van der Waals surface area contributed by atoms with E-state index in [0.717, 1.165) is 12.1 Å². The Morgan fingerprint density at radius 3 is 2.65 bits per heavy atom. The molecular weight excluding hydrogens is 403 g/mol. The highest BCUT2D eigenvalue weighted by Gasteiger charge is 2.33. The number of rotatable bonds is 5. The largest absolute Gasteiger partial charge is 0.321 e. The Bertz CT molecular complexity index is 840. The van der Waals surface area contributed by atoms with E-state index in [1.165, 1.54) is 11.8 Å².